The van der Waals surface area contributed by atoms with Gasteiger partial charge in [0, 0.05) is 42.8 Å². The molecule has 0 saturated carbocycles. The van der Waals surface area contributed by atoms with E-state index in [9.17, 15) is 4.79 Å². The van der Waals surface area contributed by atoms with Gasteiger partial charge in [0.05, 0.1) is 7.11 Å². The van der Waals surface area contributed by atoms with Crippen LogP contribution in [-0.4, -0.2) is 48.4 Å². The third kappa shape index (κ3) is 4.44. The standard InChI is InChI=1S/C26H31ClN4O2/c1-17-26(3,29-25(28)31(17)16-19-10-12-30(13-11-19)18(2)32)21-7-5-6-20(14-21)23-15-22(27)8-9-24(23)33-4/h5-9,14-15,19H,1,10-13,16H2,2-4H3,(H2,28,29). The predicted molar refractivity (Wildman–Crippen MR) is 133 cm³/mol. The summed E-state index contributed by atoms with van der Waals surface area (Å²) >= 11 is 6.26. The molecule has 4 rings (SSSR count). The Kier molecular flexibility index (Phi) is 6.39. The highest BCUT2D eigenvalue weighted by Gasteiger charge is 2.41. The molecule has 0 aromatic heterocycles. The lowest BCUT2D eigenvalue weighted by Crippen LogP contribution is -2.43. The lowest BCUT2D eigenvalue weighted by molar-refractivity contribution is -0.130. The van der Waals surface area contributed by atoms with Crippen LogP contribution in [0.25, 0.3) is 11.1 Å². The van der Waals surface area contributed by atoms with Gasteiger partial charge < -0.3 is 20.3 Å². The molecule has 2 N–H and O–H groups in total. The van der Waals surface area contributed by atoms with Crippen LogP contribution in [0.4, 0.5) is 0 Å². The van der Waals surface area contributed by atoms with E-state index < -0.39 is 5.54 Å². The monoisotopic (exact) mass is 466 g/mol. The van der Waals surface area contributed by atoms with Crippen LogP contribution >= 0.6 is 11.6 Å². The number of piperidine rings is 1. The summed E-state index contributed by atoms with van der Waals surface area (Å²) in [5, 5.41) is 0.650. The average Bonchev–Trinajstić information content (AvgIpc) is 3.03. The van der Waals surface area contributed by atoms with E-state index in [2.05, 4.69) is 25.6 Å². The predicted octanol–water partition coefficient (Wildman–Crippen LogP) is 4.63. The molecule has 7 heteroatoms. The fourth-order valence-corrected chi connectivity index (χ4v) is 4.95. The van der Waals surface area contributed by atoms with Crippen molar-refractivity contribution in [1.82, 2.24) is 9.80 Å². The molecule has 6 nitrogen and oxygen atoms in total. The van der Waals surface area contributed by atoms with Crippen LogP contribution in [0.3, 0.4) is 0 Å². The molecule has 1 atom stereocenters. The van der Waals surface area contributed by atoms with E-state index in [-0.39, 0.29) is 5.91 Å². The van der Waals surface area contributed by atoms with Crippen molar-refractivity contribution < 1.29 is 9.53 Å². The zero-order valence-electron chi connectivity index (χ0n) is 19.5. The van der Waals surface area contributed by atoms with Crippen molar-refractivity contribution in [3.05, 3.63) is 65.3 Å². The van der Waals surface area contributed by atoms with Crippen molar-refractivity contribution in [1.29, 1.82) is 0 Å². The van der Waals surface area contributed by atoms with Crippen LogP contribution in [-0.2, 0) is 10.3 Å². The first kappa shape index (κ1) is 23.2. The molecule has 1 unspecified atom stereocenters. The number of hydrogen-bond acceptors (Lipinski definition) is 5. The molecule has 33 heavy (non-hydrogen) atoms. The number of nitrogens with two attached hydrogens (primary N) is 1. The van der Waals surface area contributed by atoms with Gasteiger partial charge in [-0.05, 0) is 61.1 Å². The van der Waals surface area contributed by atoms with Crippen LogP contribution in [0.2, 0.25) is 5.02 Å². The van der Waals surface area contributed by atoms with Gasteiger partial charge >= 0.3 is 0 Å². The largest absolute Gasteiger partial charge is 0.496 e. The molecule has 1 fully saturated rings. The Morgan fingerprint density at radius 2 is 2.00 bits per heavy atom. The van der Waals surface area contributed by atoms with E-state index in [1.165, 1.54) is 0 Å². The van der Waals surface area contributed by atoms with Crippen molar-refractivity contribution in [3.63, 3.8) is 0 Å². The van der Waals surface area contributed by atoms with Crippen molar-refractivity contribution >= 4 is 23.5 Å². The zero-order chi connectivity index (χ0) is 23.8. The summed E-state index contributed by atoms with van der Waals surface area (Å²) in [7, 11) is 1.65. The third-order valence-electron chi connectivity index (χ3n) is 6.90. The number of ether oxygens (including phenoxy) is 1. The molecule has 2 aromatic carbocycles. The number of carbonyl (C=O) groups is 1. The summed E-state index contributed by atoms with van der Waals surface area (Å²) in [4.78, 5) is 20.4. The van der Waals surface area contributed by atoms with E-state index in [4.69, 9.17) is 27.1 Å². The Morgan fingerprint density at radius 1 is 1.27 bits per heavy atom. The molecule has 2 heterocycles. The Balaban J connectivity index is 1.57. The number of nitrogens with zero attached hydrogens (tertiary/aromatic N) is 3. The summed E-state index contributed by atoms with van der Waals surface area (Å²) in [6.07, 6.45) is 1.91. The first-order valence-corrected chi connectivity index (χ1v) is 11.6. The van der Waals surface area contributed by atoms with Gasteiger partial charge in [-0.2, -0.15) is 0 Å². The fourth-order valence-electron chi connectivity index (χ4n) is 4.77. The van der Waals surface area contributed by atoms with Gasteiger partial charge in [0.25, 0.3) is 0 Å². The van der Waals surface area contributed by atoms with E-state index >= 15 is 0 Å². The van der Waals surface area contributed by atoms with Gasteiger partial charge in [0.2, 0.25) is 5.91 Å². The number of methoxy groups -OCH3 is 1. The summed E-state index contributed by atoms with van der Waals surface area (Å²) in [6.45, 7) is 10.4. The van der Waals surface area contributed by atoms with Crippen LogP contribution in [0.5, 0.6) is 5.75 Å². The Morgan fingerprint density at radius 3 is 2.67 bits per heavy atom. The lowest BCUT2D eigenvalue weighted by Gasteiger charge is -2.35. The Hall–Kier alpha value is -2.99. The van der Waals surface area contributed by atoms with Crippen LogP contribution < -0.4 is 10.5 Å². The molecular formula is C26H31ClN4O2. The molecule has 0 aliphatic carbocycles. The highest BCUT2D eigenvalue weighted by Crippen LogP contribution is 2.42. The number of halogens is 1. The molecule has 2 aliphatic rings. The highest BCUT2D eigenvalue weighted by atomic mass is 35.5. The summed E-state index contributed by atoms with van der Waals surface area (Å²) in [6, 6.07) is 13.8. The van der Waals surface area contributed by atoms with Crippen LogP contribution in [0, 0.1) is 5.92 Å². The van der Waals surface area contributed by atoms with Crippen LogP contribution in [0.1, 0.15) is 32.3 Å². The van der Waals surface area contributed by atoms with E-state index in [1.807, 2.05) is 40.1 Å². The maximum Gasteiger partial charge on any atom is 0.219 e. The minimum atomic E-state index is -0.661. The second-order valence-electron chi connectivity index (χ2n) is 8.97. The van der Waals surface area contributed by atoms with Gasteiger partial charge in [-0.25, -0.2) is 4.99 Å². The van der Waals surface area contributed by atoms with Gasteiger partial charge in [0.1, 0.15) is 11.3 Å². The number of hydrogen-bond donors (Lipinski definition) is 1. The molecule has 0 radical (unpaired) electrons. The molecule has 174 valence electrons. The SMILES string of the molecule is C=C1N(CC2CCN(C(C)=O)CC2)C(N)=NC1(C)c1cccc(-c2cc(Cl)ccc2OC)c1. The van der Waals surface area contributed by atoms with Gasteiger partial charge in [-0.15, -0.1) is 0 Å². The normalized spacial score (nSPS) is 21.3. The fraction of sp³-hybridized carbons (Fsp3) is 0.385. The second-order valence-corrected chi connectivity index (χ2v) is 9.41. The van der Waals surface area contributed by atoms with Crippen molar-refractivity contribution in [3.8, 4) is 16.9 Å². The molecule has 1 saturated heterocycles. The molecule has 1 amide bonds. The maximum atomic E-state index is 11.6. The average molecular weight is 467 g/mol. The van der Waals surface area contributed by atoms with Crippen molar-refractivity contribution in [2.24, 2.45) is 16.6 Å². The number of carbonyl (C=O) groups excluding carboxylic acids is 1. The quantitative estimate of drug-likeness (QED) is 0.697. The lowest BCUT2D eigenvalue weighted by atomic mass is 9.87. The molecule has 2 aliphatic heterocycles. The number of rotatable bonds is 5. The van der Waals surface area contributed by atoms with Crippen LogP contribution in [0.15, 0.2) is 59.7 Å². The number of benzene rings is 2. The van der Waals surface area contributed by atoms with Crippen molar-refractivity contribution in [2.45, 2.75) is 32.2 Å². The summed E-state index contributed by atoms with van der Waals surface area (Å²) < 4.78 is 5.55. The minimum absolute atomic E-state index is 0.142. The number of likely N-dealkylation sites (tertiary alicyclic amines) is 1. The maximum absolute atomic E-state index is 11.6. The van der Waals surface area contributed by atoms with Gasteiger partial charge in [-0.3, -0.25) is 4.79 Å². The molecular weight excluding hydrogens is 436 g/mol. The minimum Gasteiger partial charge on any atom is -0.496 e. The third-order valence-corrected chi connectivity index (χ3v) is 7.14. The van der Waals surface area contributed by atoms with Crippen molar-refractivity contribution in [2.75, 3.05) is 26.7 Å². The molecule has 2 aromatic rings. The number of amides is 1. The second kappa shape index (κ2) is 9.10. The first-order chi connectivity index (χ1) is 15.7. The van der Waals surface area contributed by atoms with Gasteiger partial charge in [-0.1, -0.05) is 36.4 Å². The Bertz CT molecular complexity index is 1110. The highest BCUT2D eigenvalue weighted by molar-refractivity contribution is 6.31. The summed E-state index contributed by atoms with van der Waals surface area (Å²) in [5.41, 5.74) is 9.52. The number of guanidine groups is 1. The molecule has 0 spiro atoms. The van der Waals surface area contributed by atoms with E-state index in [1.54, 1.807) is 14.0 Å². The summed E-state index contributed by atoms with van der Waals surface area (Å²) in [5.74, 6) is 1.83. The van der Waals surface area contributed by atoms with E-state index in [0.29, 0.717) is 16.9 Å². The topological polar surface area (TPSA) is 71.2 Å². The number of aliphatic imine (C=N–C) groups is 1. The first-order valence-electron chi connectivity index (χ1n) is 11.2. The van der Waals surface area contributed by atoms with E-state index in [0.717, 1.165) is 60.6 Å². The Labute approximate surface area is 200 Å². The zero-order valence-corrected chi connectivity index (χ0v) is 20.2. The van der Waals surface area contributed by atoms with Gasteiger partial charge in [0.15, 0.2) is 5.96 Å². The smallest absolute Gasteiger partial charge is 0.219 e. The molecule has 0 bridgehead atoms.